The quantitative estimate of drug-likeness (QED) is 0.872. The maximum absolute atomic E-state index is 11.5. The molecule has 0 saturated carbocycles. The van der Waals surface area contributed by atoms with E-state index in [2.05, 4.69) is 26.2 Å². The first-order valence-electron chi connectivity index (χ1n) is 5.27. The fraction of sp³-hybridized carbons (Fsp3) is 0.0833. The lowest BCUT2D eigenvalue weighted by Gasteiger charge is -2.04. The first-order chi connectivity index (χ1) is 9.15. The zero-order valence-corrected chi connectivity index (χ0v) is 11.2. The highest BCUT2D eigenvalue weighted by atomic mass is 79.9. The predicted molar refractivity (Wildman–Crippen MR) is 69.6 cm³/mol. The number of pyridine rings is 1. The molecule has 2 heterocycles. The van der Waals surface area contributed by atoms with E-state index in [0.29, 0.717) is 5.82 Å². The fourth-order valence-corrected chi connectivity index (χ4v) is 1.46. The predicted octanol–water partition coefficient (Wildman–Crippen LogP) is 2.23. The lowest BCUT2D eigenvalue weighted by molar-refractivity contribution is -0.119. The SMILES string of the molecule is O=C(COC(=O)c1ccco1)Nc1ccc(Br)cn1. The molecule has 0 fully saturated rings. The van der Waals surface area contributed by atoms with Gasteiger partial charge in [-0.1, -0.05) is 0 Å². The van der Waals surface area contributed by atoms with Crippen LogP contribution in [0.3, 0.4) is 0 Å². The molecule has 0 atom stereocenters. The summed E-state index contributed by atoms with van der Waals surface area (Å²) in [6, 6.07) is 6.37. The van der Waals surface area contributed by atoms with Gasteiger partial charge >= 0.3 is 5.97 Å². The van der Waals surface area contributed by atoms with Crippen LogP contribution in [0.5, 0.6) is 0 Å². The van der Waals surface area contributed by atoms with Gasteiger partial charge < -0.3 is 14.5 Å². The van der Waals surface area contributed by atoms with Crippen molar-refractivity contribution in [2.75, 3.05) is 11.9 Å². The summed E-state index contributed by atoms with van der Waals surface area (Å²) in [7, 11) is 0. The molecular formula is C12H9BrN2O4. The van der Waals surface area contributed by atoms with Crippen molar-refractivity contribution in [1.29, 1.82) is 0 Å². The number of ether oxygens (including phenoxy) is 1. The molecular weight excluding hydrogens is 316 g/mol. The molecule has 0 radical (unpaired) electrons. The normalized spacial score (nSPS) is 9.95. The number of halogens is 1. The number of rotatable bonds is 4. The highest BCUT2D eigenvalue weighted by molar-refractivity contribution is 9.10. The smallest absolute Gasteiger partial charge is 0.374 e. The van der Waals surface area contributed by atoms with Gasteiger partial charge in [-0.15, -0.1) is 0 Å². The van der Waals surface area contributed by atoms with Crippen LogP contribution in [0.15, 0.2) is 45.6 Å². The van der Waals surface area contributed by atoms with Crippen LogP contribution in [-0.4, -0.2) is 23.5 Å². The Kier molecular flexibility index (Phi) is 4.30. The van der Waals surface area contributed by atoms with Crippen molar-refractivity contribution >= 4 is 33.6 Å². The molecule has 0 unspecified atom stereocenters. The summed E-state index contributed by atoms with van der Waals surface area (Å²) in [6.45, 7) is -0.405. The minimum absolute atomic E-state index is 0.0505. The van der Waals surface area contributed by atoms with Crippen molar-refractivity contribution in [2.24, 2.45) is 0 Å². The maximum Gasteiger partial charge on any atom is 0.374 e. The molecule has 0 bridgehead atoms. The summed E-state index contributed by atoms with van der Waals surface area (Å²) in [6.07, 6.45) is 2.90. The molecule has 7 heteroatoms. The molecule has 0 saturated heterocycles. The third kappa shape index (κ3) is 3.92. The van der Waals surface area contributed by atoms with Crippen molar-refractivity contribution in [1.82, 2.24) is 4.98 Å². The molecule has 2 rings (SSSR count). The van der Waals surface area contributed by atoms with Crippen molar-refractivity contribution in [3.8, 4) is 0 Å². The van der Waals surface area contributed by atoms with Crippen LogP contribution < -0.4 is 5.32 Å². The van der Waals surface area contributed by atoms with E-state index in [1.165, 1.54) is 12.3 Å². The molecule has 6 nitrogen and oxygen atoms in total. The number of aromatic nitrogens is 1. The Morgan fingerprint density at radius 1 is 1.37 bits per heavy atom. The Bertz CT molecular complexity index is 566. The molecule has 0 aliphatic heterocycles. The number of carbonyl (C=O) groups is 2. The molecule has 1 amide bonds. The van der Waals surface area contributed by atoms with Crippen LogP contribution in [0.2, 0.25) is 0 Å². The summed E-state index contributed by atoms with van der Waals surface area (Å²) < 4.78 is 10.4. The molecule has 1 N–H and O–H groups in total. The molecule has 2 aromatic heterocycles. The summed E-state index contributed by atoms with van der Waals surface area (Å²) in [5.41, 5.74) is 0. The number of amides is 1. The molecule has 2 aromatic rings. The van der Waals surface area contributed by atoms with E-state index in [-0.39, 0.29) is 5.76 Å². The monoisotopic (exact) mass is 324 g/mol. The number of anilines is 1. The average Bonchev–Trinajstić information content (AvgIpc) is 2.93. The van der Waals surface area contributed by atoms with Gasteiger partial charge in [0.2, 0.25) is 5.76 Å². The first kappa shape index (κ1) is 13.3. The van der Waals surface area contributed by atoms with Crippen LogP contribution in [0, 0.1) is 0 Å². The Morgan fingerprint density at radius 2 is 2.21 bits per heavy atom. The third-order valence-corrected chi connectivity index (χ3v) is 2.52. The topological polar surface area (TPSA) is 81.4 Å². The van der Waals surface area contributed by atoms with Gasteiger partial charge in [-0.05, 0) is 40.2 Å². The van der Waals surface area contributed by atoms with E-state index in [0.717, 1.165) is 4.47 Å². The van der Waals surface area contributed by atoms with Gasteiger partial charge in [0.1, 0.15) is 5.82 Å². The summed E-state index contributed by atoms with van der Waals surface area (Å²) >= 11 is 3.23. The highest BCUT2D eigenvalue weighted by Crippen LogP contribution is 2.10. The van der Waals surface area contributed by atoms with E-state index in [9.17, 15) is 9.59 Å². The van der Waals surface area contributed by atoms with Gasteiger partial charge in [0.05, 0.1) is 6.26 Å². The maximum atomic E-state index is 11.5. The number of hydrogen-bond donors (Lipinski definition) is 1. The Hall–Kier alpha value is -2.15. The van der Waals surface area contributed by atoms with Crippen LogP contribution in [-0.2, 0) is 9.53 Å². The summed E-state index contributed by atoms with van der Waals surface area (Å²) in [5.74, 6) is -0.740. The lowest BCUT2D eigenvalue weighted by Crippen LogP contribution is -2.21. The van der Waals surface area contributed by atoms with Crippen LogP contribution >= 0.6 is 15.9 Å². The molecule has 0 aliphatic carbocycles. The molecule has 0 aliphatic rings. The zero-order chi connectivity index (χ0) is 13.7. The van der Waals surface area contributed by atoms with Crippen LogP contribution in [0.4, 0.5) is 5.82 Å². The third-order valence-electron chi connectivity index (χ3n) is 2.05. The second-order valence-corrected chi connectivity index (χ2v) is 4.38. The van der Waals surface area contributed by atoms with Crippen molar-refractivity contribution in [3.05, 3.63) is 47.0 Å². The molecule has 0 spiro atoms. The average molecular weight is 325 g/mol. The minimum Gasteiger partial charge on any atom is -0.457 e. The van der Waals surface area contributed by atoms with E-state index in [1.807, 2.05) is 0 Å². The number of furan rings is 1. The summed E-state index contributed by atoms with van der Waals surface area (Å²) in [5, 5.41) is 2.49. The lowest BCUT2D eigenvalue weighted by atomic mass is 10.4. The Labute approximate surface area is 116 Å². The molecule has 19 heavy (non-hydrogen) atoms. The Balaban J connectivity index is 1.82. The van der Waals surface area contributed by atoms with Gasteiger partial charge in [0.15, 0.2) is 6.61 Å². The number of carbonyl (C=O) groups excluding carboxylic acids is 2. The van der Waals surface area contributed by atoms with E-state index < -0.39 is 18.5 Å². The van der Waals surface area contributed by atoms with Gasteiger partial charge in [-0.25, -0.2) is 9.78 Å². The van der Waals surface area contributed by atoms with Gasteiger partial charge in [0, 0.05) is 10.7 Å². The first-order valence-corrected chi connectivity index (χ1v) is 6.06. The minimum atomic E-state index is -0.691. The second kappa shape index (κ2) is 6.14. The van der Waals surface area contributed by atoms with E-state index >= 15 is 0 Å². The van der Waals surface area contributed by atoms with Gasteiger partial charge in [-0.2, -0.15) is 0 Å². The molecule has 98 valence electrons. The van der Waals surface area contributed by atoms with E-state index in [1.54, 1.807) is 24.4 Å². The van der Waals surface area contributed by atoms with Crippen molar-refractivity contribution in [2.45, 2.75) is 0 Å². The highest BCUT2D eigenvalue weighted by Gasteiger charge is 2.12. The van der Waals surface area contributed by atoms with Crippen LogP contribution in [0.25, 0.3) is 0 Å². The van der Waals surface area contributed by atoms with Gasteiger partial charge in [-0.3, -0.25) is 4.79 Å². The summed E-state index contributed by atoms with van der Waals surface area (Å²) in [4.78, 5) is 26.8. The van der Waals surface area contributed by atoms with E-state index in [4.69, 9.17) is 9.15 Å². The largest absolute Gasteiger partial charge is 0.457 e. The fourth-order valence-electron chi connectivity index (χ4n) is 1.23. The number of hydrogen-bond acceptors (Lipinski definition) is 5. The molecule has 0 aromatic carbocycles. The zero-order valence-electron chi connectivity index (χ0n) is 9.63. The van der Waals surface area contributed by atoms with Crippen LogP contribution in [0.1, 0.15) is 10.6 Å². The number of esters is 1. The Morgan fingerprint density at radius 3 is 2.84 bits per heavy atom. The van der Waals surface area contributed by atoms with Crippen molar-refractivity contribution < 1.29 is 18.7 Å². The van der Waals surface area contributed by atoms with Gasteiger partial charge in [0.25, 0.3) is 5.91 Å². The van der Waals surface area contributed by atoms with Crippen molar-refractivity contribution in [3.63, 3.8) is 0 Å². The standard InChI is InChI=1S/C12H9BrN2O4/c13-8-3-4-10(14-6-8)15-11(16)7-19-12(17)9-2-1-5-18-9/h1-6H,7H2,(H,14,15,16). The number of nitrogens with zero attached hydrogens (tertiary/aromatic N) is 1. The number of nitrogens with one attached hydrogen (secondary N) is 1. The second-order valence-electron chi connectivity index (χ2n) is 3.46.